The molecule has 2 nitrogen and oxygen atoms in total. The van der Waals surface area contributed by atoms with E-state index in [1.165, 1.54) is 12.8 Å². The molecule has 2 heteroatoms. The lowest BCUT2D eigenvalue weighted by Crippen LogP contribution is -2.20. The summed E-state index contributed by atoms with van der Waals surface area (Å²) >= 11 is 0. The minimum Gasteiger partial charge on any atom is -0.376 e. The third kappa shape index (κ3) is 9.66. The molecule has 0 aliphatic heterocycles. The lowest BCUT2D eigenvalue weighted by atomic mass is 10.3. The summed E-state index contributed by atoms with van der Waals surface area (Å²) < 4.78 is 5.18. The van der Waals surface area contributed by atoms with Crippen molar-refractivity contribution in [3.05, 3.63) is 12.7 Å². The van der Waals surface area contributed by atoms with Gasteiger partial charge in [0, 0.05) is 6.54 Å². The van der Waals surface area contributed by atoms with Gasteiger partial charge in [-0.05, 0) is 13.0 Å². The maximum Gasteiger partial charge on any atom is 0.0645 e. The molecule has 11 heavy (non-hydrogen) atoms. The van der Waals surface area contributed by atoms with Gasteiger partial charge in [0.2, 0.25) is 0 Å². The summed E-state index contributed by atoms with van der Waals surface area (Å²) in [5.74, 6) is 0. The second-order valence-corrected chi connectivity index (χ2v) is 2.47. The van der Waals surface area contributed by atoms with E-state index in [0.29, 0.717) is 6.61 Å². The first-order valence-corrected chi connectivity index (χ1v) is 4.31. The van der Waals surface area contributed by atoms with Gasteiger partial charge in [-0.2, -0.15) is 0 Å². The summed E-state index contributed by atoms with van der Waals surface area (Å²) in [6, 6.07) is 0. The molecule has 0 rings (SSSR count). The third-order valence-corrected chi connectivity index (χ3v) is 1.37. The number of nitrogens with one attached hydrogen (secondary N) is 1. The van der Waals surface area contributed by atoms with E-state index in [0.717, 1.165) is 19.7 Å². The van der Waals surface area contributed by atoms with E-state index in [1.807, 2.05) is 0 Å². The van der Waals surface area contributed by atoms with Crippen LogP contribution in [0, 0.1) is 0 Å². The fourth-order valence-corrected chi connectivity index (χ4v) is 0.738. The van der Waals surface area contributed by atoms with Gasteiger partial charge in [-0.1, -0.05) is 19.4 Å². The smallest absolute Gasteiger partial charge is 0.0645 e. The average Bonchev–Trinajstić information content (AvgIpc) is 2.03. The van der Waals surface area contributed by atoms with Crippen LogP contribution in [-0.4, -0.2) is 26.3 Å². The fraction of sp³-hybridized carbons (Fsp3) is 0.778. The van der Waals surface area contributed by atoms with Crippen LogP contribution in [0.1, 0.15) is 19.8 Å². The van der Waals surface area contributed by atoms with E-state index in [-0.39, 0.29) is 0 Å². The first kappa shape index (κ1) is 10.7. The molecule has 0 aromatic heterocycles. The Balaban J connectivity index is 2.74. The van der Waals surface area contributed by atoms with E-state index in [2.05, 4.69) is 18.8 Å². The quantitative estimate of drug-likeness (QED) is 0.426. The van der Waals surface area contributed by atoms with Gasteiger partial charge in [-0.25, -0.2) is 0 Å². The third-order valence-electron chi connectivity index (χ3n) is 1.37. The Kier molecular flexibility index (Phi) is 9.36. The molecule has 0 amide bonds. The van der Waals surface area contributed by atoms with Crippen LogP contribution in [0.4, 0.5) is 0 Å². The molecule has 0 saturated heterocycles. The predicted molar refractivity (Wildman–Crippen MR) is 48.8 cm³/mol. The molecule has 0 aliphatic carbocycles. The number of hydrogen-bond donors (Lipinski definition) is 1. The standard InChI is InChI=1S/C9H19NO/c1-3-5-6-10-7-9-11-8-4-2/h4,10H,2-3,5-9H2,1H3. The Morgan fingerprint density at radius 3 is 2.91 bits per heavy atom. The molecular weight excluding hydrogens is 138 g/mol. The molecule has 0 aromatic rings. The van der Waals surface area contributed by atoms with Crippen LogP contribution < -0.4 is 5.32 Å². The number of ether oxygens (including phenoxy) is 1. The second kappa shape index (κ2) is 9.66. The van der Waals surface area contributed by atoms with Gasteiger partial charge >= 0.3 is 0 Å². The van der Waals surface area contributed by atoms with Gasteiger partial charge in [0.05, 0.1) is 13.2 Å². The number of rotatable bonds is 8. The molecule has 0 fully saturated rings. The topological polar surface area (TPSA) is 21.3 Å². The monoisotopic (exact) mass is 157 g/mol. The Hall–Kier alpha value is -0.340. The van der Waals surface area contributed by atoms with Gasteiger partial charge in [0.1, 0.15) is 0 Å². The zero-order valence-corrected chi connectivity index (χ0v) is 7.44. The summed E-state index contributed by atoms with van der Waals surface area (Å²) in [7, 11) is 0. The number of hydrogen-bond acceptors (Lipinski definition) is 2. The highest BCUT2D eigenvalue weighted by atomic mass is 16.5. The second-order valence-electron chi connectivity index (χ2n) is 2.47. The molecule has 0 aromatic carbocycles. The van der Waals surface area contributed by atoms with Crippen LogP contribution in [0.5, 0.6) is 0 Å². The Morgan fingerprint density at radius 2 is 2.27 bits per heavy atom. The van der Waals surface area contributed by atoms with Crippen molar-refractivity contribution in [3.8, 4) is 0 Å². The van der Waals surface area contributed by atoms with Gasteiger partial charge in [-0.15, -0.1) is 6.58 Å². The first-order chi connectivity index (χ1) is 5.41. The predicted octanol–water partition coefficient (Wildman–Crippen LogP) is 1.58. The lowest BCUT2D eigenvalue weighted by Gasteiger charge is -2.02. The van der Waals surface area contributed by atoms with Crippen molar-refractivity contribution in [1.82, 2.24) is 5.32 Å². The van der Waals surface area contributed by atoms with Gasteiger partial charge < -0.3 is 10.1 Å². The molecule has 0 spiro atoms. The van der Waals surface area contributed by atoms with Crippen LogP contribution in [0.25, 0.3) is 0 Å². The SMILES string of the molecule is C=CCOCCNCCCC. The normalized spacial score (nSPS) is 9.91. The maximum atomic E-state index is 5.18. The minimum atomic E-state index is 0.662. The summed E-state index contributed by atoms with van der Waals surface area (Å²) in [5.41, 5.74) is 0. The van der Waals surface area contributed by atoms with E-state index >= 15 is 0 Å². The van der Waals surface area contributed by atoms with Crippen LogP contribution in [0.2, 0.25) is 0 Å². The molecule has 66 valence electrons. The molecule has 0 radical (unpaired) electrons. The minimum absolute atomic E-state index is 0.662. The zero-order chi connectivity index (χ0) is 8.36. The van der Waals surface area contributed by atoms with Crippen LogP contribution in [0.3, 0.4) is 0 Å². The summed E-state index contributed by atoms with van der Waals surface area (Å²) in [6.07, 6.45) is 4.27. The van der Waals surface area contributed by atoms with Crippen LogP contribution >= 0.6 is 0 Å². The highest BCUT2D eigenvalue weighted by Gasteiger charge is 1.85. The van der Waals surface area contributed by atoms with E-state index in [4.69, 9.17) is 4.74 Å². The van der Waals surface area contributed by atoms with Gasteiger partial charge in [0.25, 0.3) is 0 Å². The molecule has 0 saturated carbocycles. The van der Waals surface area contributed by atoms with Gasteiger partial charge in [0.15, 0.2) is 0 Å². The molecule has 0 atom stereocenters. The maximum absolute atomic E-state index is 5.18. The largest absolute Gasteiger partial charge is 0.376 e. The summed E-state index contributed by atoms with van der Waals surface area (Å²) in [6.45, 7) is 9.26. The van der Waals surface area contributed by atoms with Crippen molar-refractivity contribution >= 4 is 0 Å². The Morgan fingerprint density at radius 1 is 1.45 bits per heavy atom. The first-order valence-electron chi connectivity index (χ1n) is 4.31. The molecule has 0 bridgehead atoms. The summed E-state index contributed by atoms with van der Waals surface area (Å²) in [5, 5.41) is 3.29. The van der Waals surface area contributed by atoms with Crippen molar-refractivity contribution in [3.63, 3.8) is 0 Å². The molecular formula is C9H19NO. The van der Waals surface area contributed by atoms with Gasteiger partial charge in [-0.3, -0.25) is 0 Å². The molecule has 1 N–H and O–H groups in total. The van der Waals surface area contributed by atoms with Crippen LogP contribution in [-0.2, 0) is 4.74 Å². The lowest BCUT2D eigenvalue weighted by molar-refractivity contribution is 0.164. The summed E-state index contributed by atoms with van der Waals surface area (Å²) in [4.78, 5) is 0. The van der Waals surface area contributed by atoms with Crippen molar-refractivity contribution in [2.45, 2.75) is 19.8 Å². The molecule has 0 aliphatic rings. The Labute approximate surface area is 69.6 Å². The van der Waals surface area contributed by atoms with Crippen molar-refractivity contribution in [2.24, 2.45) is 0 Å². The highest BCUT2D eigenvalue weighted by Crippen LogP contribution is 1.81. The molecule has 0 heterocycles. The zero-order valence-electron chi connectivity index (χ0n) is 7.44. The van der Waals surface area contributed by atoms with Crippen molar-refractivity contribution < 1.29 is 4.74 Å². The van der Waals surface area contributed by atoms with E-state index in [1.54, 1.807) is 6.08 Å². The number of unbranched alkanes of at least 4 members (excludes halogenated alkanes) is 1. The fourth-order valence-electron chi connectivity index (χ4n) is 0.738. The van der Waals surface area contributed by atoms with E-state index in [9.17, 15) is 0 Å². The average molecular weight is 157 g/mol. The highest BCUT2D eigenvalue weighted by molar-refractivity contribution is 4.63. The van der Waals surface area contributed by atoms with Crippen molar-refractivity contribution in [2.75, 3.05) is 26.3 Å². The van der Waals surface area contributed by atoms with Crippen molar-refractivity contribution in [1.29, 1.82) is 0 Å². The van der Waals surface area contributed by atoms with E-state index < -0.39 is 0 Å². The Bertz CT molecular complexity index is 83.6. The molecule has 0 unspecified atom stereocenters. The van der Waals surface area contributed by atoms with Crippen LogP contribution in [0.15, 0.2) is 12.7 Å².